The topological polar surface area (TPSA) is 0 Å². The Bertz CT molecular complexity index is 1080. The second kappa shape index (κ2) is 8.74. The van der Waals surface area contributed by atoms with Crippen molar-refractivity contribution < 1.29 is 11.9 Å². The van der Waals surface area contributed by atoms with Gasteiger partial charge in [-0.2, -0.15) is 0 Å². The van der Waals surface area contributed by atoms with E-state index in [2.05, 4.69) is 131 Å². The standard InChI is InChI=1S/C15H11.C12H19.2HI.Zr/c1-2-6-12(7-3-1)15-10-13-8-4-5-9-14(13)11-15;1-6-7-12-10(4)8(2)9(3)11(12)5;;;/h1-11H;6-7H2,1-5H3;2*1H;/q;;;;+2/p-2. The third kappa shape index (κ3) is 3.44. The van der Waals surface area contributed by atoms with Crippen molar-refractivity contribution in [2.24, 2.45) is 0 Å². The van der Waals surface area contributed by atoms with Crippen LogP contribution in [-0.4, -0.2) is 0 Å². The number of benzene rings is 2. The minimum absolute atomic E-state index is 0.232. The van der Waals surface area contributed by atoms with E-state index in [1.165, 1.54) is 24.0 Å². The van der Waals surface area contributed by atoms with Crippen LogP contribution >= 0.6 is 36.1 Å². The fourth-order valence-electron chi connectivity index (χ4n) is 5.51. The molecule has 2 aromatic carbocycles. The van der Waals surface area contributed by atoms with E-state index in [4.69, 9.17) is 0 Å². The van der Waals surface area contributed by atoms with Crippen LogP contribution in [0.4, 0.5) is 0 Å². The van der Waals surface area contributed by atoms with Gasteiger partial charge in [0.2, 0.25) is 0 Å². The van der Waals surface area contributed by atoms with E-state index in [0.717, 1.165) is 0 Å². The Morgan fingerprint density at radius 3 is 2.20 bits per heavy atom. The molecule has 2 aromatic rings. The molecule has 0 aliphatic heterocycles. The van der Waals surface area contributed by atoms with Crippen LogP contribution < -0.4 is 0 Å². The van der Waals surface area contributed by atoms with Gasteiger partial charge < -0.3 is 0 Å². The van der Waals surface area contributed by atoms with Crippen molar-refractivity contribution in [2.45, 2.75) is 54.2 Å². The average molecular weight is 700 g/mol. The van der Waals surface area contributed by atoms with Crippen molar-refractivity contribution in [3.05, 3.63) is 93.6 Å². The molecule has 2 atom stereocenters. The summed E-state index contributed by atoms with van der Waals surface area (Å²) in [5, 5.41) is 0. The summed E-state index contributed by atoms with van der Waals surface area (Å²) < 4.78 is 0.778. The zero-order valence-corrected chi connectivity index (χ0v) is 25.3. The van der Waals surface area contributed by atoms with Crippen molar-refractivity contribution in [2.75, 3.05) is 0 Å². The molecule has 2 aliphatic carbocycles. The van der Waals surface area contributed by atoms with Crippen LogP contribution in [0, 0.1) is 0 Å². The maximum absolute atomic E-state index is 3.01. The number of fused-ring (bicyclic) bond motifs is 1. The summed E-state index contributed by atoms with van der Waals surface area (Å²) in [6.45, 7) is 12.1. The van der Waals surface area contributed by atoms with Crippen LogP contribution in [0.3, 0.4) is 0 Å². The van der Waals surface area contributed by atoms with Crippen molar-refractivity contribution in [3.63, 3.8) is 0 Å². The molecule has 0 aromatic heterocycles. The minimum atomic E-state index is -2.94. The first-order valence-corrected chi connectivity index (χ1v) is 28.1. The van der Waals surface area contributed by atoms with Crippen molar-refractivity contribution >= 4 is 47.7 Å². The van der Waals surface area contributed by atoms with Gasteiger partial charge in [-0.1, -0.05) is 0 Å². The van der Waals surface area contributed by atoms with E-state index >= 15 is 0 Å². The molecular weight excluding hydrogens is 669 g/mol. The first-order chi connectivity index (χ1) is 14.2. The Morgan fingerprint density at radius 1 is 0.900 bits per heavy atom. The van der Waals surface area contributed by atoms with Gasteiger partial charge in [-0.05, 0) is 0 Å². The molecule has 0 saturated carbocycles. The van der Waals surface area contributed by atoms with Gasteiger partial charge in [0.15, 0.2) is 0 Å². The van der Waals surface area contributed by atoms with E-state index in [-0.39, 0.29) is 3.12 Å². The molecule has 4 rings (SSSR count). The number of allylic oxidation sites excluding steroid dienone is 5. The fourth-order valence-corrected chi connectivity index (χ4v) is 30.1. The van der Waals surface area contributed by atoms with Crippen LogP contribution in [0.2, 0.25) is 3.12 Å². The summed E-state index contributed by atoms with van der Waals surface area (Å²) in [5.41, 5.74) is 12.4. The van der Waals surface area contributed by atoms with E-state index in [1.54, 1.807) is 33.4 Å². The van der Waals surface area contributed by atoms with Gasteiger partial charge in [-0.25, -0.2) is 0 Å². The predicted octanol–water partition coefficient (Wildman–Crippen LogP) is 9.78. The van der Waals surface area contributed by atoms with Crippen molar-refractivity contribution in [1.29, 1.82) is 0 Å². The van der Waals surface area contributed by atoms with Gasteiger partial charge in [0.25, 0.3) is 0 Å². The molecule has 3 heteroatoms. The zero-order chi connectivity index (χ0) is 21.7. The third-order valence-corrected chi connectivity index (χ3v) is 35.9. The Morgan fingerprint density at radius 2 is 1.53 bits per heavy atom. The van der Waals surface area contributed by atoms with E-state index in [1.807, 2.05) is 0 Å². The monoisotopic (exact) mass is 698 g/mol. The number of rotatable bonds is 5. The summed E-state index contributed by atoms with van der Waals surface area (Å²) >= 11 is 3.09. The molecule has 0 N–H and O–H groups in total. The Balaban J connectivity index is 1.93. The Hall–Kier alpha value is 0.00312. The molecule has 0 heterocycles. The number of hydrogen-bond donors (Lipinski definition) is 0. The summed E-state index contributed by atoms with van der Waals surface area (Å²) in [7, 11) is 0. The molecule has 0 radical (unpaired) electrons. The number of halogens is 2. The van der Waals surface area contributed by atoms with Gasteiger partial charge >= 0.3 is 207 Å². The van der Waals surface area contributed by atoms with Crippen LogP contribution in [0.15, 0.2) is 76.9 Å². The van der Waals surface area contributed by atoms with Crippen LogP contribution in [-0.2, 0) is 11.9 Å². The van der Waals surface area contributed by atoms with Crippen LogP contribution in [0.5, 0.6) is 0 Å². The Labute approximate surface area is 205 Å². The summed E-state index contributed by atoms with van der Waals surface area (Å²) in [6.07, 6.45) is 4.93. The molecule has 0 saturated heterocycles. The van der Waals surface area contributed by atoms with Gasteiger partial charge in [-0.3, -0.25) is 0 Å². The van der Waals surface area contributed by atoms with Crippen molar-refractivity contribution in [3.8, 4) is 0 Å². The summed E-state index contributed by atoms with van der Waals surface area (Å²) in [6, 6.07) is 20.3. The molecular formula is C27H30I2Zr. The molecule has 156 valence electrons. The van der Waals surface area contributed by atoms with Gasteiger partial charge in [0.05, 0.1) is 0 Å². The summed E-state index contributed by atoms with van der Waals surface area (Å²) in [5.74, 6) is 0. The molecule has 0 nitrogen and oxygen atoms in total. The second-order valence-electron chi connectivity index (χ2n) is 8.88. The molecule has 2 aliphatic rings. The van der Waals surface area contributed by atoms with Crippen LogP contribution in [0.1, 0.15) is 67.8 Å². The molecule has 0 fully saturated rings. The molecule has 30 heavy (non-hydrogen) atoms. The maximum atomic E-state index is 3.01. The molecule has 2 unspecified atom stereocenters. The van der Waals surface area contributed by atoms with Gasteiger partial charge in [-0.15, -0.1) is 0 Å². The predicted molar refractivity (Wildman–Crippen MR) is 146 cm³/mol. The fraction of sp³-hybridized carbons (Fsp3) is 0.333. The van der Waals surface area contributed by atoms with Crippen LogP contribution in [0.25, 0.3) is 11.6 Å². The first kappa shape index (κ1) is 23.2. The Kier molecular flexibility index (Phi) is 6.75. The van der Waals surface area contributed by atoms with Crippen molar-refractivity contribution in [1.82, 2.24) is 0 Å². The third-order valence-electron chi connectivity index (χ3n) is 7.50. The normalized spacial score (nSPS) is 23.8. The first-order valence-electron chi connectivity index (χ1n) is 10.9. The van der Waals surface area contributed by atoms with Gasteiger partial charge in [0, 0.05) is 0 Å². The van der Waals surface area contributed by atoms with E-state index < -0.39 is 11.9 Å². The average Bonchev–Trinajstić information content (AvgIpc) is 3.22. The SMILES string of the molecule is CCCC1=C(C)C(C)=C(C)[C]1(C)[Zr]([I])([I])[CH]1C(c2ccccc2)=Cc2ccccc21. The zero-order valence-electron chi connectivity index (χ0n) is 18.5. The quantitative estimate of drug-likeness (QED) is 0.273. The van der Waals surface area contributed by atoms with Gasteiger partial charge in [0.1, 0.15) is 0 Å². The van der Waals surface area contributed by atoms with E-state index in [0.29, 0.717) is 3.63 Å². The molecule has 0 bridgehead atoms. The number of hydrogen-bond acceptors (Lipinski definition) is 0. The van der Waals surface area contributed by atoms with E-state index in [9.17, 15) is 0 Å². The molecule has 0 spiro atoms. The summed E-state index contributed by atoms with van der Waals surface area (Å²) in [4.78, 5) is 0. The second-order valence-corrected chi connectivity index (χ2v) is 48.2. The molecule has 0 amide bonds.